The van der Waals surface area contributed by atoms with Crippen LogP contribution in [0.3, 0.4) is 0 Å². The number of nitrogens with one attached hydrogen (secondary N) is 1. The van der Waals surface area contributed by atoms with Crippen LogP contribution in [0.15, 0.2) is 24.3 Å². The fourth-order valence-electron chi connectivity index (χ4n) is 1.80. The summed E-state index contributed by atoms with van der Waals surface area (Å²) >= 11 is 0. The predicted molar refractivity (Wildman–Crippen MR) is 72.7 cm³/mol. The van der Waals surface area contributed by atoms with E-state index in [0.29, 0.717) is 18.2 Å². The SMILES string of the molecule is CN(Cc1ccccc1F)S(=O)(=O)CCNC1CC1. The zero-order valence-corrected chi connectivity index (χ0v) is 11.8. The first kappa shape index (κ1) is 14.4. The van der Waals surface area contributed by atoms with E-state index in [2.05, 4.69) is 5.32 Å². The zero-order chi connectivity index (χ0) is 13.9. The van der Waals surface area contributed by atoms with E-state index in [-0.39, 0.29) is 18.1 Å². The molecule has 0 unspecified atom stereocenters. The summed E-state index contributed by atoms with van der Waals surface area (Å²) in [6.45, 7) is 0.521. The predicted octanol–water partition coefficient (Wildman–Crippen LogP) is 1.34. The third-order valence-corrected chi connectivity index (χ3v) is 4.99. The van der Waals surface area contributed by atoms with Crippen LogP contribution < -0.4 is 5.32 Å². The fraction of sp³-hybridized carbons (Fsp3) is 0.538. The molecule has 1 aliphatic carbocycles. The van der Waals surface area contributed by atoms with Crippen molar-refractivity contribution in [3.05, 3.63) is 35.6 Å². The van der Waals surface area contributed by atoms with Gasteiger partial charge >= 0.3 is 0 Å². The fourth-order valence-corrected chi connectivity index (χ4v) is 2.82. The summed E-state index contributed by atoms with van der Waals surface area (Å²) in [5.74, 6) is -0.324. The first-order valence-electron chi connectivity index (χ1n) is 6.40. The molecule has 0 bridgehead atoms. The number of benzene rings is 1. The van der Waals surface area contributed by atoms with Crippen LogP contribution in [0.2, 0.25) is 0 Å². The second-order valence-corrected chi connectivity index (χ2v) is 7.09. The van der Waals surface area contributed by atoms with E-state index in [1.807, 2.05) is 0 Å². The molecular formula is C13H19FN2O2S. The van der Waals surface area contributed by atoms with Gasteiger partial charge in [0.15, 0.2) is 0 Å². The van der Waals surface area contributed by atoms with Gasteiger partial charge in [0.1, 0.15) is 5.82 Å². The molecule has 2 rings (SSSR count). The molecule has 1 aliphatic rings. The second kappa shape index (κ2) is 5.98. The normalized spacial score (nSPS) is 15.9. The van der Waals surface area contributed by atoms with E-state index >= 15 is 0 Å². The molecule has 1 aromatic carbocycles. The maximum Gasteiger partial charge on any atom is 0.215 e. The lowest BCUT2D eigenvalue weighted by Crippen LogP contribution is -2.34. The van der Waals surface area contributed by atoms with Crippen LogP contribution in [0.4, 0.5) is 4.39 Å². The molecule has 106 valence electrons. The van der Waals surface area contributed by atoms with Crippen LogP contribution in [0.25, 0.3) is 0 Å². The minimum atomic E-state index is -3.34. The quantitative estimate of drug-likeness (QED) is 0.823. The Hall–Kier alpha value is -0.980. The number of hydrogen-bond acceptors (Lipinski definition) is 3. The number of rotatable bonds is 7. The van der Waals surface area contributed by atoms with Crippen LogP contribution in [0.1, 0.15) is 18.4 Å². The number of halogens is 1. The minimum absolute atomic E-state index is 0.0501. The minimum Gasteiger partial charge on any atom is -0.313 e. The van der Waals surface area contributed by atoms with E-state index in [1.54, 1.807) is 18.2 Å². The Kier molecular flexibility index (Phi) is 4.54. The smallest absolute Gasteiger partial charge is 0.215 e. The molecule has 0 spiro atoms. The van der Waals surface area contributed by atoms with E-state index in [1.165, 1.54) is 17.4 Å². The topological polar surface area (TPSA) is 49.4 Å². The van der Waals surface area contributed by atoms with Gasteiger partial charge in [-0.25, -0.2) is 17.1 Å². The number of sulfonamides is 1. The molecule has 0 saturated heterocycles. The molecular weight excluding hydrogens is 267 g/mol. The molecule has 0 heterocycles. The molecule has 0 radical (unpaired) electrons. The number of hydrogen-bond donors (Lipinski definition) is 1. The Bertz CT molecular complexity index is 529. The van der Waals surface area contributed by atoms with E-state index in [4.69, 9.17) is 0 Å². The summed E-state index contributed by atoms with van der Waals surface area (Å²) in [5, 5.41) is 3.16. The Morgan fingerprint density at radius 2 is 2.05 bits per heavy atom. The molecule has 1 fully saturated rings. The van der Waals surface area contributed by atoms with Crippen molar-refractivity contribution in [3.8, 4) is 0 Å². The van der Waals surface area contributed by atoms with Gasteiger partial charge in [-0.15, -0.1) is 0 Å². The summed E-state index contributed by atoms with van der Waals surface area (Å²) in [6.07, 6.45) is 2.26. The molecule has 0 aliphatic heterocycles. The van der Waals surface area contributed by atoms with Crippen LogP contribution in [0, 0.1) is 5.82 Å². The van der Waals surface area contributed by atoms with Gasteiger partial charge < -0.3 is 5.32 Å². The van der Waals surface area contributed by atoms with Crippen molar-refractivity contribution >= 4 is 10.0 Å². The summed E-state index contributed by atoms with van der Waals surface area (Å²) in [5.41, 5.74) is 0.392. The van der Waals surface area contributed by atoms with Gasteiger partial charge in [-0.3, -0.25) is 0 Å². The summed E-state index contributed by atoms with van der Waals surface area (Å²) in [6, 6.07) is 6.72. The third kappa shape index (κ3) is 4.26. The van der Waals surface area contributed by atoms with Gasteiger partial charge in [0.25, 0.3) is 0 Å². The average molecular weight is 286 g/mol. The van der Waals surface area contributed by atoms with Crippen molar-refractivity contribution in [2.75, 3.05) is 19.3 Å². The van der Waals surface area contributed by atoms with Gasteiger partial charge in [0.2, 0.25) is 10.0 Å². The van der Waals surface area contributed by atoms with Crippen molar-refractivity contribution in [2.45, 2.75) is 25.4 Å². The third-order valence-electron chi connectivity index (χ3n) is 3.20. The highest BCUT2D eigenvalue weighted by Crippen LogP contribution is 2.18. The maximum absolute atomic E-state index is 13.5. The Morgan fingerprint density at radius 1 is 1.37 bits per heavy atom. The molecule has 19 heavy (non-hydrogen) atoms. The lowest BCUT2D eigenvalue weighted by atomic mass is 10.2. The van der Waals surface area contributed by atoms with Gasteiger partial charge in [0, 0.05) is 31.7 Å². The van der Waals surface area contributed by atoms with Crippen LogP contribution >= 0.6 is 0 Å². The lowest BCUT2D eigenvalue weighted by Gasteiger charge is -2.17. The average Bonchev–Trinajstić information content (AvgIpc) is 3.16. The Morgan fingerprint density at radius 3 is 2.68 bits per heavy atom. The summed E-state index contributed by atoms with van der Waals surface area (Å²) in [4.78, 5) is 0. The molecule has 0 aromatic heterocycles. The van der Waals surface area contributed by atoms with Crippen molar-refractivity contribution in [2.24, 2.45) is 0 Å². The summed E-state index contributed by atoms with van der Waals surface area (Å²) in [7, 11) is -1.85. The zero-order valence-electron chi connectivity index (χ0n) is 11.0. The maximum atomic E-state index is 13.5. The first-order valence-corrected chi connectivity index (χ1v) is 8.01. The monoisotopic (exact) mass is 286 g/mol. The molecule has 6 heteroatoms. The highest BCUT2D eigenvalue weighted by molar-refractivity contribution is 7.89. The molecule has 1 N–H and O–H groups in total. The molecule has 0 amide bonds. The van der Waals surface area contributed by atoms with Crippen molar-refractivity contribution < 1.29 is 12.8 Å². The Labute approximate surface area is 113 Å². The standard InChI is InChI=1S/C13H19FN2O2S/c1-16(10-11-4-2-3-5-13(11)14)19(17,18)9-8-15-12-6-7-12/h2-5,12,15H,6-10H2,1H3. The van der Waals surface area contributed by atoms with Gasteiger partial charge in [0.05, 0.1) is 5.75 Å². The van der Waals surface area contributed by atoms with Gasteiger partial charge in [-0.05, 0) is 18.9 Å². The highest BCUT2D eigenvalue weighted by atomic mass is 32.2. The lowest BCUT2D eigenvalue weighted by molar-refractivity contribution is 0.455. The van der Waals surface area contributed by atoms with E-state index in [9.17, 15) is 12.8 Å². The van der Waals surface area contributed by atoms with Crippen molar-refractivity contribution in [3.63, 3.8) is 0 Å². The highest BCUT2D eigenvalue weighted by Gasteiger charge is 2.23. The largest absolute Gasteiger partial charge is 0.313 e. The van der Waals surface area contributed by atoms with Crippen molar-refractivity contribution in [1.82, 2.24) is 9.62 Å². The van der Waals surface area contributed by atoms with Crippen LogP contribution in [0.5, 0.6) is 0 Å². The van der Waals surface area contributed by atoms with Crippen LogP contribution in [-0.2, 0) is 16.6 Å². The molecule has 0 atom stereocenters. The molecule has 4 nitrogen and oxygen atoms in total. The molecule has 1 saturated carbocycles. The van der Waals surface area contributed by atoms with Crippen LogP contribution in [-0.4, -0.2) is 38.1 Å². The van der Waals surface area contributed by atoms with E-state index in [0.717, 1.165) is 12.8 Å². The number of nitrogens with zero attached hydrogens (tertiary/aromatic N) is 1. The van der Waals surface area contributed by atoms with E-state index < -0.39 is 10.0 Å². The molecule has 1 aromatic rings. The van der Waals surface area contributed by atoms with Gasteiger partial charge in [-0.2, -0.15) is 0 Å². The first-order chi connectivity index (χ1) is 8.99. The summed E-state index contributed by atoms with van der Waals surface area (Å²) < 4.78 is 38.7. The van der Waals surface area contributed by atoms with Gasteiger partial charge in [-0.1, -0.05) is 18.2 Å². The Balaban J connectivity index is 1.89. The second-order valence-electron chi connectivity index (χ2n) is 4.89. The van der Waals surface area contributed by atoms with Crippen molar-refractivity contribution in [1.29, 1.82) is 0 Å².